The highest BCUT2D eigenvalue weighted by atomic mass is 35.5. The average molecular weight is 250 g/mol. The molecular weight excluding hydrogens is 230 g/mol. The van der Waals surface area contributed by atoms with Crippen LogP contribution in [0.5, 0.6) is 0 Å². The maximum absolute atomic E-state index is 11.7. The molecule has 16 heavy (non-hydrogen) atoms. The lowest BCUT2D eigenvalue weighted by molar-refractivity contribution is 0.0854. The first-order valence-corrected chi connectivity index (χ1v) is 5.43. The van der Waals surface area contributed by atoms with Crippen LogP contribution in [0.25, 0.3) is 0 Å². The standard InChI is InChI=1S/C10H19N3O2.ClH/c1-4-6-12-8-13(7-5-2)10(15)11(3)9(12)14;/h4-8H2,1-3H3;1H. The van der Waals surface area contributed by atoms with Crippen LogP contribution in [0.2, 0.25) is 0 Å². The van der Waals surface area contributed by atoms with Crippen molar-refractivity contribution in [2.45, 2.75) is 26.7 Å². The predicted molar refractivity (Wildman–Crippen MR) is 64.7 cm³/mol. The molecule has 1 fully saturated rings. The fourth-order valence-corrected chi connectivity index (χ4v) is 1.71. The third kappa shape index (κ3) is 3.01. The Kier molecular flexibility index (Phi) is 6.18. The number of urea groups is 2. The summed E-state index contributed by atoms with van der Waals surface area (Å²) in [5.41, 5.74) is 0. The normalized spacial score (nSPS) is 16.6. The van der Waals surface area contributed by atoms with Crippen LogP contribution in [0.4, 0.5) is 9.59 Å². The van der Waals surface area contributed by atoms with E-state index >= 15 is 0 Å². The molecule has 5 nitrogen and oxygen atoms in total. The molecule has 6 heteroatoms. The van der Waals surface area contributed by atoms with Gasteiger partial charge in [-0.15, -0.1) is 12.4 Å². The monoisotopic (exact) mass is 249 g/mol. The van der Waals surface area contributed by atoms with Crippen molar-refractivity contribution in [1.29, 1.82) is 0 Å². The fraction of sp³-hybridized carbons (Fsp3) is 0.800. The Labute approximate surface area is 103 Å². The van der Waals surface area contributed by atoms with Crippen molar-refractivity contribution >= 4 is 24.5 Å². The van der Waals surface area contributed by atoms with Gasteiger partial charge in [0.1, 0.15) is 0 Å². The van der Waals surface area contributed by atoms with Crippen molar-refractivity contribution in [3.8, 4) is 0 Å². The Morgan fingerprint density at radius 2 is 1.38 bits per heavy atom. The predicted octanol–water partition coefficient (Wildman–Crippen LogP) is 1.98. The molecule has 0 atom stereocenters. The number of carbonyl (C=O) groups is 2. The first-order chi connectivity index (χ1) is 7.11. The number of imide groups is 1. The summed E-state index contributed by atoms with van der Waals surface area (Å²) in [6.45, 7) is 5.89. The number of hydrogen-bond acceptors (Lipinski definition) is 2. The summed E-state index contributed by atoms with van der Waals surface area (Å²) in [5, 5.41) is 0. The minimum Gasteiger partial charge on any atom is -0.306 e. The van der Waals surface area contributed by atoms with Gasteiger partial charge in [-0.2, -0.15) is 0 Å². The summed E-state index contributed by atoms with van der Waals surface area (Å²) in [7, 11) is 1.54. The quantitative estimate of drug-likeness (QED) is 0.765. The van der Waals surface area contributed by atoms with Crippen LogP contribution in [0.1, 0.15) is 26.7 Å². The van der Waals surface area contributed by atoms with Gasteiger partial charge in [0.2, 0.25) is 0 Å². The van der Waals surface area contributed by atoms with Gasteiger partial charge in [0.25, 0.3) is 0 Å². The van der Waals surface area contributed by atoms with Gasteiger partial charge in [0.15, 0.2) is 0 Å². The summed E-state index contributed by atoms with van der Waals surface area (Å²) < 4.78 is 0. The highest BCUT2D eigenvalue weighted by Gasteiger charge is 2.33. The van der Waals surface area contributed by atoms with E-state index < -0.39 is 0 Å². The van der Waals surface area contributed by atoms with Gasteiger partial charge >= 0.3 is 12.1 Å². The number of nitrogens with zero attached hydrogens (tertiary/aromatic N) is 3. The summed E-state index contributed by atoms with van der Waals surface area (Å²) in [6, 6.07) is -0.372. The molecule has 1 aliphatic rings. The molecule has 1 rings (SSSR count). The summed E-state index contributed by atoms with van der Waals surface area (Å²) in [6.07, 6.45) is 1.82. The van der Waals surface area contributed by atoms with Gasteiger partial charge in [0.05, 0.1) is 6.67 Å². The Morgan fingerprint density at radius 1 is 1.00 bits per heavy atom. The molecule has 0 aromatic rings. The highest BCUT2D eigenvalue weighted by Crippen LogP contribution is 2.11. The van der Waals surface area contributed by atoms with Crippen molar-refractivity contribution in [1.82, 2.24) is 14.7 Å². The van der Waals surface area contributed by atoms with E-state index in [9.17, 15) is 9.59 Å². The lowest BCUT2D eigenvalue weighted by Gasteiger charge is -2.39. The maximum atomic E-state index is 11.7. The Morgan fingerprint density at radius 3 is 1.69 bits per heavy atom. The van der Waals surface area contributed by atoms with E-state index in [4.69, 9.17) is 0 Å². The van der Waals surface area contributed by atoms with Gasteiger partial charge in [-0.3, -0.25) is 0 Å². The molecule has 1 saturated heterocycles. The van der Waals surface area contributed by atoms with E-state index in [2.05, 4.69) is 0 Å². The van der Waals surface area contributed by atoms with Crippen molar-refractivity contribution in [3.05, 3.63) is 0 Å². The van der Waals surface area contributed by atoms with Gasteiger partial charge in [-0.05, 0) is 12.8 Å². The zero-order chi connectivity index (χ0) is 11.4. The molecule has 0 aromatic heterocycles. The molecule has 0 saturated carbocycles. The minimum absolute atomic E-state index is 0. The molecule has 94 valence electrons. The molecule has 0 aliphatic carbocycles. The molecular formula is C10H20ClN3O2. The fourth-order valence-electron chi connectivity index (χ4n) is 1.71. The van der Waals surface area contributed by atoms with E-state index in [0.717, 1.165) is 12.8 Å². The first kappa shape index (κ1) is 15.0. The lowest BCUT2D eigenvalue weighted by Crippen LogP contribution is -2.59. The van der Waals surface area contributed by atoms with Crippen LogP contribution >= 0.6 is 12.4 Å². The molecule has 0 unspecified atom stereocenters. The first-order valence-electron chi connectivity index (χ1n) is 5.43. The molecule has 1 aliphatic heterocycles. The van der Waals surface area contributed by atoms with Crippen LogP contribution in [-0.2, 0) is 0 Å². The second-order valence-electron chi connectivity index (χ2n) is 3.79. The van der Waals surface area contributed by atoms with Crippen LogP contribution in [0.15, 0.2) is 0 Å². The zero-order valence-electron chi connectivity index (χ0n) is 10.1. The van der Waals surface area contributed by atoms with Gasteiger partial charge in [0, 0.05) is 20.1 Å². The molecule has 0 aromatic carbocycles. The Bertz CT molecular complexity index is 236. The van der Waals surface area contributed by atoms with E-state index in [0.29, 0.717) is 19.8 Å². The van der Waals surface area contributed by atoms with E-state index in [1.807, 2.05) is 13.8 Å². The number of amides is 4. The Hall–Kier alpha value is -0.970. The SMILES string of the molecule is CCCN1CN(CCC)C(=O)N(C)C1=O.Cl. The maximum Gasteiger partial charge on any atom is 0.329 e. The summed E-state index contributed by atoms with van der Waals surface area (Å²) in [5.74, 6) is 0. The third-order valence-electron chi connectivity index (χ3n) is 2.44. The van der Waals surface area contributed by atoms with Gasteiger partial charge < -0.3 is 9.80 Å². The van der Waals surface area contributed by atoms with Crippen molar-refractivity contribution in [2.75, 3.05) is 26.8 Å². The summed E-state index contributed by atoms with van der Waals surface area (Å²) >= 11 is 0. The number of rotatable bonds is 4. The second-order valence-corrected chi connectivity index (χ2v) is 3.79. The lowest BCUT2D eigenvalue weighted by atomic mass is 10.3. The van der Waals surface area contributed by atoms with E-state index in [1.54, 1.807) is 9.80 Å². The molecule has 1 heterocycles. The number of carbonyl (C=O) groups excluding carboxylic acids is 2. The molecule has 0 spiro atoms. The van der Waals surface area contributed by atoms with Crippen molar-refractivity contribution in [2.24, 2.45) is 0 Å². The summed E-state index contributed by atoms with van der Waals surface area (Å²) in [4.78, 5) is 28.0. The van der Waals surface area contributed by atoms with Crippen LogP contribution in [0, 0.1) is 0 Å². The molecule has 0 radical (unpaired) electrons. The number of hydrogen-bond donors (Lipinski definition) is 0. The van der Waals surface area contributed by atoms with Gasteiger partial charge in [-0.25, -0.2) is 14.5 Å². The average Bonchev–Trinajstić information content (AvgIpc) is 2.22. The van der Waals surface area contributed by atoms with Crippen LogP contribution in [0.3, 0.4) is 0 Å². The molecule has 0 N–H and O–H groups in total. The second kappa shape index (κ2) is 6.58. The van der Waals surface area contributed by atoms with Crippen LogP contribution in [-0.4, -0.2) is 53.6 Å². The third-order valence-corrected chi connectivity index (χ3v) is 2.44. The van der Waals surface area contributed by atoms with Gasteiger partial charge in [-0.1, -0.05) is 13.8 Å². The molecule has 4 amide bonds. The van der Waals surface area contributed by atoms with E-state index in [-0.39, 0.29) is 24.5 Å². The highest BCUT2D eigenvalue weighted by molar-refractivity contribution is 5.95. The van der Waals surface area contributed by atoms with Crippen molar-refractivity contribution in [3.63, 3.8) is 0 Å². The Balaban J connectivity index is 0.00000225. The smallest absolute Gasteiger partial charge is 0.306 e. The molecule has 0 bridgehead atoms. The topological polar surface area (TPSA) is 43.9 Å². The minimum atomic E-state index is -0.186. The zero-order valence-corrected chi connectivity index (χ0v) is 10.9. The number of halogens is 1. The largest absolute Gasteiger partial charge is 0.329 e. The van der Waals surface area contributed by atoms with E-state index in [1.165, 1.54) is 11.9 Å². The van der Waals surface area contributed by atoms with Crippen LogP contribution < -0.4 is 0 Å². The van der Waals surface area contributed by atoms with Crippen molar-refractivity contribution < 1.29 is 9.59 Å².